The van der Waals surface area contributed by atoms with Crippen molar-refractivity contribution in [3.8, 4) is 5.75 Å². The molecule has 104 valence electrons. The Bertz CT molecular complexity index is 415. The van der Waals surface area contributed by atoms with Crippen LogP contribution in [0.5, 0.6) is 5.75 Å². The Labute approximate surface area is 125 Å². The number of halogens is 6. The van der Waals surface area contributed by atoms with E-state index in [1.807, 2.05) is 0 Å². The van der Waals surface area contributed by atoms with Gasteiger partial charge in [0.05, 0.1) is 4.47 Å². The second-order valence-electron chi connectivity index (χ2n) is 3.59. The summed E-state index contributed by atoms with van der Waals surface area (Å²) in [4.78, 5) is 0. The second-order valence-corrected chi connectivity index (χ2v) is 5.36. The zero-order valence-corrected chi connectivity index (χ0v) is 13.0. The molecule has 3 N–H and O–H groups in total. The van der Waals surface area contributed by atoms with Crippen LogP contribution in [0.2, 0.25) is 0 Å². The van der Waals surface area contributed by atoms with E-state index in [1.54, 1.807) is 6.07 Å². The number of hydrogen-bond acceptors (Lipinski definition) is 2. The highest BCUT2D eigenvalue weighted by Gasteiger charge is 2.28. The molecule has 0 unspecified atom stereocenters. The van der Waals surface area contributed by atoms with E-state index in [0.717, 1.165) is 0 Å². The summed E-state index contributed by atoms with van der Waals surface area (Å²) >= 11 is 6.29. The standard InChI is InChI=1S/C10H10Br2F3NO.ClH/c11-5-3-6(9(17)7(12)4-5)8(16)1-2-10(13,14)15;/h3-4,8,17H,1-2,16H2;1H/t8-;/m1./s1. The molecule has 0 aliphatic carbocycles. The maximum Gasteiger partial charge on any atom is 0.389 e. The van der Waals surface area contributed by atoms with E-state index in [0.29, 0.717) is 8.95 Å². The molecule has 0 amide bonds. The van der Waals surface area contributed by atoms with Crippen molar-refractivity contribution in [3.05, 3.63) is 26.6 Å². The number of hydrogen-bond donors (Lipinski definition) is 2. The van der Waals surface area contributed by atoms with E-state index in [1.165, 1.54) is 6.07 Å². The fourth-order valence-corrected chi connectivity index (χ4v) is 2.60. The van der Waals surface area contributed by atoms with Gasteiger partial charge in [-0.05, 0) is 34.5 Å². The molecule has 1 aromatic carbocycles. The van der Waals surface area contributed by atoms with Crippen molar-refractivity contribution < 1.29 is 18.3 Å². The summed E-state index contributed by atoms with van der Waals surface area (Å²) in [6.45, 7) is 0. The molecule has 0 aliphatic heterocycles. The fraction of sp³-hybridized carbons (Fsp3) is 0.400. The van der Waals surface area contributed by atoms with Gasteiger partial charge < -0.3 is 10.8 Å². The highest BCUT2D eigenvalue weighted by Crippen LogP contribution is 2.36. The molecule has 0 saturated carbocycles. The number of benzene rings is 1. The van der Waals surface area contributed by atoms with E-state index < -0.39 is 18.6 Å². The van der Waals surface area contributed by atoms with Gasteiger partial charge in [0.1, 0.15) is 5.75 Å². The maximum absolute atomic E-state index is 12.1. The minimum absolute atomic E-state index is 0. The van der Waals surface area contributed by atoms with Crippen molar-refractivity contribution in [3.63, 3.8) is 0 Å². The molecular formula is C10H11Br2ClF3NO. The third-order valence-corrected chi connectivity index (χ3v) is 3.26. The van der Waals surface area contributed by atoms with Gasteiger partial charge in [0.2, 0.25) is 0 Å². The first-order valence-electron chi connectivity index (χ1n) is 4.71. The average Bonchev–Trinajstić information content (AvgIpc) is 2.19. The molecule has 1 atom stereocenters. The summed E-state index contributed by atoms with van der Waals surface area (Å²) in [5, 5.41) is 9.69. The van der Waals surface area contributed by atoms with Crippen molar-refractivity contribution in [2.45, 2.75) is 25.1 Å². The number of rotatable bonds is 3. The Kier molecular flexibility index (Phi) is 6.99. The molecule has 0 heterocycles. The molecule has 1 rings (SSSR count). The van der Waals surface area contributed by atoms with Crippen LogP contribution in [-0.4, -0.2) is 11.3 Å². The van der Waals surface area contributed by atoms with Crippen molar-refractivity contribution >= 4 is 44.3 Å². The molecule has 0 saturated heterocycles. The fourth-order valence-electron chi connectivity index (χ4n) is 1.34. The van der Waals surface area contributed by atoms with Crippen LogP contribution in [0, 0.1) is 0 Å². The average molecular weight is 413 g/mol. The first-order valence-corrected chi connectivity index (χ1v) is 6.29. The zero-order chi connectivity index (χ0) is 13.2. The minimum Gasteiger partial charge on any atom is -0.506 e. The van der Waals surface area contributed by atoms with Crippen LogP contribution >= 0.6 is 44.3 Å². The molecule has 0 bridgehead atoms. The quantitative estimate of drug-likeness (QED) is 0.756. The van der Waals surface area contributed by atoms with Crippen molar-refractivity contribution in [2.24, 2.45) is 5.73 Å². The van der Waals surface area contributed by atoms with Crippen molar-refractivity contribution in [2.75, 3.05) is 0 Å². The Morgan fingerprint density at radius 2 is 1.83 bits per heavy atom. The normalized spacial score (nSPS) is 13.0. The third kappa shape index (κ3) is 5.34. The van der Waals surface area contributed by atoms with E-state index in [-0.39, 0.29) is 30.1 Å². The first-order chi connectivity index (χ1) is 7.70. The molecule has 0 spiro atoms. The number of aromatic hydroxyl groups is 1. The van der Waals surface area contributed by atoms with Gasteiger partial charge in [-0.1, -0.05) is 15.9 Å². The van der Waals surface area contributed by atoms with E-state index in [9.17, 15) is 18.3 Å². The van der Waals surface area contributed by atoms with Gasteiger partial charge in [0, 0.05) is 22.5 Å². The third-order valence-electron chi connectivity index (χ3n) is 2.20. The van der Waals surface area contributed by atoms with Gasteiger partial charge in [0.25, 0.3) is 0 Å². The second kappa shape index (κ2) is 6.98. The summed E-state index contributed by atoms with van der Waals surface area (Å²) in [6.07, 6.45) is -5.48. The maximum atomic E-state index is 12.1. The van der Waals surface area contributed by atoms with Gasteiger partial charge >= 0.3 is 6.18 Å². The predicted molar refractivity (Wildman–Crippen MR) is 73.0 cm³/mol. The lowest BCUT2D eigenvalue weighted by atomic mass is 10.0. The SMILES string of the molecule is Cl.N[C@H](CCC(F)(F)F)c1cc(Br)cc(Br)c1O. The van der Waals surface area contributed by atoms with E-state index in [4.69, 9.17) is 5.73 Å². The highest BCUT2D eigenvalue weighted by molar-refractivity contribution is 9.11. The number of nitrogens with two attached hydrogens (primary N) is 1. The predicted octanol–water partition coefficient (Wildman–Crippen LogP) is 4.68. The van der Waals surface area contributed by atoms with Crippen LogP contribution in [0.1, 0.15) is 24.4 Å². The molecule has 0 aliphatic rings. The summed E-state index contributed by atoms with van der Waals surface area (Å²) in [6, 6.07) is 2.25. The van der Waals surface area contributed by atoms with Crippen LogP contribution in [0.3, 0.4) is 0 Å². The Morgan fingerprint density at radius 3 is 2.33 bits per heavy atom. The van der Waals surface area contributed by atoms with Crippen LogP contribution < -0.4 is 5.73 Å². The van der Waals surface area contributed by atoms with Crippen molar-refractivity contribution in [1.82, 2.24) is 0 Å². The molecule has 1 aromatic rings. The lowest BCUT2D eigenvalue weighted by molar-refractivity contribution is -0.136. The highest BCUT2D eigenvalue weighted by atomic mass is 79.9. The van der Waals surface area contributed by atoms with Gasteiger partial charge in [-0.2, -0.15) is 13.2 Å². The number of phenolic OH excluding ortho intramolecular Hbond substituents is 1. The minimum atomic E-state index is -4.24. The smallest absolute Gasteiger partial charge is 0.389 e. The van der Waals surface area contributed by atoms with Crippen LogP contribution in [0.25, 0.3) is 0 Å². The lowest BCUT2D eigenvalue weighted by Gasteiger charge is -2.16. The summed E-state index contributed by atoms with van der Waals surface area (Å²) < 4.78 is 37.2. The van der Waals surface area contributed by atoms with Gasteiger partial charge in [-0.25, -0.2) is 0 Å². The molecule has 2 nitrogen and oxygen atoms in total. The van der Waals surface area contributed by atoms with Crippen LogP contribution in [0.4, 0.5) is 13.2 Å². The molecule has 18 heavy (non-hydrogen) atoms. The van der Waals surface area contributed by atoms with Gasteiger partial charge in [-0.3, -0.25) is 0 Å². The lowest BCUT2D eigenvalue weighted by Crippen LogP contribution is -2.16. The zero-order valence-electron chi connectivity index (χ0n) is 8.97. The molecule has 0 fully saturated rings. The largest absolute Gasteiger partial charge is 0.506 e. The Morgan fingerprint density at radius 1 is 1.28 bits per heavy atom. The first kappa shape index (κ1) is 18.0. The number of alkyl halides is 3. The monoisotopic (exact) mass is 411 g/mol. The topological polar surface area (TPSA) is 46.2 Å². The Balaban J connectivity index is 0.00000289. The van der Waals surface area contributed by atoms with E-state index >= 15 is 0 Å². The van der Waals surface area contributed by atoms with Gasteiger partial charge in [-0.15, -0.1) is 12.4 Å². The van der Waals surface area contributed by atoms with Crippen LogP contribution in [-0.2, 0) is 0 Å². The summed E-state index contributed by atoms with van der Waals surface area (Å²) in [5.74, 6) is -0.122. The summed E-state index contributed by atoms with van der Waals surface area (Å²) in [7, 11) is 0. The summed E-state index contributed by atoms with van der Waals surface area (Å²) in [5.41, 5.74) is 5.93. The number of phenols is 1. The molecule has 0 aromatic heterocycles. The molecular weight excluding hydrogens is 402 g/mol. The Hall–Kier alpha value is 0.0200. The molecule has 0 radical (unpaired) electrons. The molecule has 8 heteroatoms. The van der Waals surface area contributed by atoms with Crippen LogP contribution in [0.15, 0.2) is 21.1 Å². The van der Waals surface area contributed by atoms with Gasteiger partial charge in [0.15, 0.2) is 0 Å². The van der Waals surface area contributed by atoms with E-state index in [2.05, 4.69) is 31.9 Å². The van der Waals surface area contributed by atoms with Crippen molar-refractivity contribution in [1.29, 1.82) is 0 Å².